The van der Waals surface area contributed by atoms with Crippen LogP contribution in [0.1, 0.15) is 42.0 Å². The first kappa shape index (κ1) is 22.8. The van der Waals surface area contributed by atoms with Gasteiger partial charge in [-0.3, -0.25) is 9.59 Å². The van der Waals surface area contributed by atoms with Crippen LogP contribution in [0.4, 0.5) is 5.69 Å². The van der Waals surface area contributed by atoms with Crippen LogP contribution >= 0.6 is 11.3 Å². The lowest BCUT2D eigenvalue weighted by Gasteiger charge is -2.34. The molecule has 3 rings (SSSR count). The van der Waals surface area contributed by atoms with Crippen molar-refractivity contribution in [3.8, 4) is 5.75 Å². The minimum atomic E-state index is -0.310. The number of phenols is 1. The van der Waals surface area contributed by atoms with Crippen molar-refractivity contribution in [2.24, 2.45) is 5.41 Å². The number of ketones is 1. The number of nitrogens with one attached hydrogen (secondary N) is 2. The Morgan fingerprint density at radius 3 is 2.55 bits per heavy atom. The van der Waals surface area contributed by atoms with Gasteiger partial charge in [-0.15, -0.1) is 11.3 Å². The van der Waals surface area contributed by atoms with Gasteiger partial charge in [-0.2, -0.15) is 0 Å². The first-order valence-electron chi connectivity index (χ1n) is 10.0. The Hall–Kier alpha value is -2.84. The Labute approximate surface area is 186 Å². The van der Waals surface area contributed by atoms with E-state index in [0.29, 0.717) is 17.1 Å². The summed E-state index contributed by atoms with van der Waals surface area (Å²) in [7, 11) is 3.24. The fourth-order valence-electron chi connectivity index (χ4n) is 3.36. The highest BCUT2D eigenvalue weighted by Crippen LogP contribution is 2.37. The molecule has 7 nitrogen and oxygen atoms in total. The summed E-state index contributed by atoms with van der Waals surface area (Å²) in [6, 6.07) is 8.86. The lowest BCUT2D eigenvalue weighted by molar-refractivity contribution is -0.121. The summed E-state index contributed by atoms with van der Waals surface area (Å²) >= 11 is 1.63. The topological polar surface area (TPSA) is 90.9 Å². The fourth-order valence-corrected chi connectivity index (χ4v) is 4.38. The number of aromatic hydroxyl groups is 1. The number of anilines is 1. The van der Waals surface area contributed by atoms with E-state index in [1.165, 1.54) is 4.90 Å². The number of hydrogen-bond acceptors (Lipinski definition) is 7. The number of para-hydroxylation sites is 1. The normalized spacial score (nSPS) is 15.6. The Kier molecular flexibility index (Phi) is 6.71. The molecule has 1 aromatic carbocycles. The average molecular weight is 444 g/mol. The van der Waals surface area contributed by atoms with Crippen molar-refractivity contribution in [1.82, 2.24) is 10.2 Å². The molecule has 0 aliphatic carbocycles. The smallest absolute Gasteiger partial charge is 0.257 e. The number of carbonyl (C=O) groups excluding carboxylic acids is 2. The van der Waals surface area contributed by atoms with Gasteiger partial charge in [0.15, 0.2) is 5.75 Å². The van der Waals surface area contributed by atoms with Crippen LogP contribution in [0.2, 0.25) is 0 Å². The van der Waals surface area contributed by atoms with E-state index >= 15 is 0 Å². The van der Waals surface area contributed by atoms with Gasteiger partial charge in [0.2, 0.25) is 5.78 Å². The summed E-state index contributed by atoms with van der Waals surface area (Å²) in [5, 5.41) is 19.2. The predicted molar refractivity (Wildman–Crippen MR) is 122 cm³/mol. The molecule has 0 fully saturated rings. The zero-order valence-electron chi connectivity index (χ0n) is 18.5. The van der Waals surface area contributed by atoms with Gasteiger partial charge in [0.25, 0.3) is 5.91 Å². The third-order valence-corrected chi connectivity index (χ3v) is 5.94. The monoisotopic (exact) mass is 443 g/mol. The summed E-state index contributed by atoms with van der Waals surface area (Å²) in [6.07, 6.45) is 0. The van der Waals surface area contributed by atoms with E-state index in [0.717, 1.165) is 4.88 Å². The van der Waals surface area contributed by atoms with Crippen molar-refractivity contribution in [3.05, 3.63) is 57.5 Å². The van der Waals surface area contributed by atoms with Crippen LogP contribution in [0.15, 0.2) is 47.1 Å². The number of Topliss-reactive ketones (excluding diaryl/α,β-unsaturated/α-hetero) is 1. The van der Waals surface area contributed by atoms with Gasteiger partial charge in [0, 0.05) is 19.0 Å². The lowest BCUT2D eigenvalue weighted by Crippen LogP contribution is -2.39. The number of nitrogens with zero attached hydrogens (tertiary/aromatic N) is 1. The quantitative estimate of drug-likeness (QED) is 0.589. The SMILES string of the molecule is CN(C)C(=O)c1cccc(NC2=C(N[C@@H](c3cccs3)C(C)(C)C)C(=O)COC2)c1O. The fraction of sp³-hybridized carbons (Fsp3) is 0.391. The molecule has 166 valence electrons. The number of carbonyl (C=O) groups is 2. The van der Waals surface area contributed by atoms with Crippen LogP contribution in [0.25, 0.3) is 0 Å². The van der Waals surface area contributed by atoms with Gasteiger partial charge in [-0.1, -0.05) is 32.9 Å². The molecule has 0 spiro atoms. The van der Waals surface area contributed by atoms with Crippen LogP contribution in [-0.4, -0.2) is 49.0 Å². The second-order valence-corrected chi connectivity index (χ2v) is 9.73. The molecule has 2 aromatic rings. The summed E-state index contributed by atoms with van der Waals surface area (Å²) < 4.78 is 5.45. The molecule has 0 saturated heterocycles. The van der Waals surface area contributed by atoms with Gasteiger partial charge >= 0.3 is 0 Å². The summed E-state index contributed by atoms with van der Waals surface area (Å²) in [5.74, 6) is -0.647. The van der Waals surface area contributed by atoms with E-state index < -0.39 is 0 Å². The highest BCUT2D eigenvalue weighted by Gasteiger charge is 2.32. The molecule has 0 unspecified atom stereocenters. The molecule has 1 amide bonds. The zero-order valence-corrected chi connectivity index (χ0v) is 19.3. The second kappa shape index (κ2) is 9.11. The standard InChI is InChI=1S/C23H29N3O4S/c1-23(2,3)21(18-10-7-11-31-18)25-19-16(12-30-13-17(19)27)24-15-9-6-8-14(20(15)28)22(29)26(4)5/h6-11,21,24-25,28H,12-13H2,1-5H3/t21-/m0/s1. The van der Waals surface area contributed by atoms with Crippen molar-refractivity contribution < 1.29 is 19.4 Å². The maximum absolute atomic E-state index is 12.8. The summed E-state index contributed by atoms with van der Waals surface area (Å²) in [6.45, 7) is 6.51. The molecule has 1 aliphatic rings. The summed E-state index contributed by atoms with van der Waals surface area (Å²) in [5.41, 5.74) is 1.32. The largest absolute Gasteiger partial charge is 0.505 e. The molecule has 1 aromatic heterocycles. The predicted octanol–water partition coefficient (Wildman–Crippen LogP) is 3.76. The van der Waals surface area contributed by atoms with Crippen molar-refractivity contribution in [3.63, 3.8) is 0 Å². The molecule has 0 bridgehead atoms. The molecule has 1 atom stereocenters. The number of benzene rings is 1. The van der Waals surface area contributed by atoms with Crippen LogP contribution in [0.5, 0.6) is 5.75 Å². The third kappa shape index (κ3) is 5.08. The van der Waals surface area contributed by atoms with Gasteiger partial charge in [-0.05, 0) is 29.0 Å². The van der Waals surface area contributed by atoms with E-state index in [1.54, 1.807) is 43.6 Å². The Bertz CT molecular complexity index is 991. The molecular weight excluding hydrogens is 414 g/mol. The number of amides is 1. The molecule has 1 aliphatic heterocycles. The number of rotatable bonds is 6. The molecular formula is C23H29N3O4S. The average Bonchev–Trinajstić information content (AvgIpc) is 3.21. The van der Waals surface area contributed by atoms with Crippen molar-refractivity contribution in [2.75, 3.05) is 32.6 Å². The molecule has 0 saturated carbocycles. The van der Waals surface area contributed by atoms with Gasteiger partial charge in [-0.25, -0.2) is 0 Å². The maximum atomic E-state index is 12.8. The van der Waals surface area contributed by atoms with Crippen LogP contribution < -0.4 is 10.6 Å². The molecule has 31 heavy (non-hydrogen) atoms. The minimum absolute atomic E-state index is 0.0139. The first-order chi connectivity index (χ1) is 14.6. The van der Waals surface area contributed by atoms with E-state index in [-0.39, 0.29) is 47.7 Å². The zero-order chi connectivity index (χ0) is 22.8. The maximum Gasteiger partial charge on any atom is 0.257 e. The summed E-state index contributed by atoms with van der Waals surface area (Å²) in [4.78, 5) is 27.6. The van der Waals surface area contributed by atoms with Crippen molar-refractivity contribution >= 4 is 28.7 Å². The second-order valence-electron chi connectivity index (χ2n) is 8.75. The van der Waals surface area contributed by atoms with Gasteiger partial charge in [0.1, 0.15) is 12.3 Å². The van der Waals surface area contributed by atoms with Gasteiger partial charge in [0.05, 0.1) is 29.6 Å². The van der Waals surface area contributed by atoms with E-state index in [9.17, 15) is 14.7 Å². The number of phenolic OH excluding ortho intramolecular Hbond substituents is 1. The Balaban J connectivity index is 1.98. The highest BCUT2D eigenvalue weighted by molar-refractivity contribution is 7.10. The lowest BCUT2D eigenvalue weighted by atomic mass is 9.85. The highest BCUT2D eigenvalue weighted by atomic mass is 32.1. The van der Waals surface area contributed by atoms with Crippen molar-refractivity contribution in [2.45, 2.75) is 26.8 Å². The number of thiophene rings is 1. The van der Waals surface area contributed by atoms with E-state index in [1.807, 2.05) is 17.5 Å². The third-order valence-electron chi connectivity index (χ3n) is 5.00. The first-order valence-corrected chi connectivity index (χ1v) is 10.9. The Morgan fingerprint density at radius 1 is 1.19 bits per heavy atom. The molecule has 2 heterocycles. The van der Waals surface area contributed by atoms with E-state index in [2.05, 4.69) is 31.4 Å². The Morgan fingerprint density at radius 2 is 1.94 bits per heavy atom. The molecule has 8 heteroatoms. The van der Waals surface area contributed by atoms with Crippen LogP contribution in [-0.2, 0) is 9.53 Å². The molecule has 3 N–H and O–H groups in total. The van der Waals surface area contributed by atoms with Crippen LogP contribution in [0, 0.1) is 5.41 Å². The number of hydrogen-bond donors (Lipinski definition) is 3. The molecule has 0 radical (unpaired) electrons. The van der Waals surface area contributed by atoms with Crippen LogP contribution in [0.3, 0.4) is 0 Å². The number of ether oxygens (including phenoxy) is 1. The minimum Gasteiger partial charge on any atom is -0.505 e. The van der Waals surface area contributed by atoms with Crippen molar-refractivity contribution in [1.29, 1.82) is 0 Å². The van der Waals surface area contributed by atoms with Gasteiger partial charge < -0.3 is 25.4 Å². The van der Waals surface area contributed by atoms with E-state index in [4.69, 9.17) is 4.74 Å².